The van der Waals surface area contributed by atoms with Crippen LogP contribution in [0.15, 0.2) is 42.7 Å². The third-order valence-electron chi connectivity index (χ3n) is 6.64. The van der Waals surface area contributed by atoms with Crippen LogP contribution >= 0.6 is 11.6 Å². The number of hydrogen-bond donors (Lipinski definition) is 3. The van der Waals surface area contributed by atoms with Gasteiger partial charge in [-0.3, -0.25) is 4.79 Å². The number of carbonyl (C=O) groups excluding carboxylic acids is 1. The van der Waals surface area contributed by atoms with Gasteiger partial charge < -0.3 is 29.9 Å². The molecule has 1 aromatic carbocycles. The third-order valence-corrected chi connectivity index (χ3v) is 6.89. The number of hydrogen-bond acceptors (Lipinski definition) is 6. The van der Waals surface area contributed by atoms with E-state index >= 15 is 0 Å². The summed E-state index contributed by atoms with van der Waals surface area (Å²) in [6.45, 7) is 9.44. The lowest BCUT2D eigenvalue weighted by molar-refractivity contribution is -0.133. The van der Waals surface area contributed by atoms with Crippen molar-refractivity contribution in [3.05, 3.63) is 53.3 Å². The maximum Gasteiger partial charge on any atom is 0.231 e. The molecule has 4 rings (SSSR count). The first-order valence-corrected chi connectivity index (χ1v) is 13.0. The molecule has 2 unspecified atom stereocenters. The van der Waals surface area contributed by atoms with E-state index in [1.54, 1.807) is 6.20 Å². The van der Waals surface area contributed by atoms with Crippen LogP contribution in [0.1, 0.15) is 38.7 Å². The first-order chi connectivity index (χ1) is 17.4. The van der Waals surface area contributed by atoms with Gasteiger partial charge >= 0.3 is 0 Å². The Morgan fingerprint density at radius 3 is 2.58 bits per heavy atom. The fourth-order valence-electron chi connectivity index (χ4n) is 4.48. The van der Waals surface area contributed by atoms with Crippen molar-refractivity contribution in [2.45, 2.75) is 45.3 Å². The van der Waals surface area contributed by atoms with Crippen molar-refractivity contribution in [1.82, 2.24) is 20.2 Å². The van der Waals surface area contributed by atoms with Crippen LogP contribution in [0.5, 0.6) is 5.75 Å². The van der Waals surface area contributed by atoms with Gasteiger partial charge in [-0.2, -0.15) is 0 Å². The molecule has 3 heterocycles. The van der Waals surface area contributed by atoms with E-state index in [2.05, 4.69) is 34.0 Å². The number of anilines is 1. The summed E-state index contributed by atoms with van der Waals surface area (Å²) < 4.78 is 5.99. The molecule has 0 spiro atoms. The van der Waals surface area contributed by atoms with Gasteiger partial charge in [-0.1, -0.05) is 44.5 Å². The second-order valence-corrected chi connectivity index (χ2v) is 10.00. The molecule has 0 saturated carbocycles. The zero-order chi connectivity index (χ0) is 25.7. The lowest BCUT2D eigenvalue weighted by Crippen LogP contribution is -2.51. The molecule has 2 aromatic heterocycles. The van der Waals surface area contributed by atoms with Gasteiger partial charge in [-0.05, 0) is 30.2 Å². The largest absolute Gasteiger partial charge is 0.487 e. The predicted molar refractivity (Wildman–Crippen MR) is 144 cm³/mol. The Morgan fingerprint density at radius 2 is 1.92 bits per heavy atom. The minimum atomic E-state index is -0.529. The monoisotopic (exact) mass is 513 g/mol. The summed E-state index contributed by atoms with van der Waals surface area (Å²) in [6.07, 6.45) is 3.67. The van der Waals surface area contributed by atoms with Crippen LogP contribution in [-0.2, 0) is 4.79 Å². The van der Waals surface area contributed by atoms with E-state index in [-0.39, 0.29) is 24.5 Å². The summed E-state index contributed by atoms with van der Waals surface area (Å²) in [5.41, 5.74) is 2.70. The highest BCUT2D eigenvalue weighted by atomic mass is 35.5. The van der Waals surface area contributed by atoms with Crippen molar-refractivity contribution in [2.75, 3.05) is 44.2 Å². The van der Waals surface area contributed by atoms with Crippen LogP contribution in [0.3, 0.4) is 0 Å². The number of aliphatic hydroxyl groups is 1. The minimum absolute atomic E-state index is 0.120. The molecule has 1 fully saturated rings. The smallest absolute Gasteiger partial charge is 0.231 e. The molecule has 1 saturated heterocycles. The number of benzene rings is 1. The van der Waals surface area contributed by atoms with Crippen LogP contribution in [0.2, 0.25) is 5.02 Å². The number of halogens is 1. The van der Waals surface area contributed by atoms with Crippen LogP contribution in [0, 0.1) is 0 Å². The summed E-state index contributed by atoms with van der Waals surface area (Å²) >= 11 is 6.09. The van der Waals surface area contributed by atoms with Gasteiger partial charge in [-0.25, -0.2) is 4.98 Å². The number of rotatable bonds is 10. The number of amides is 1. The number of ether oxygens (including phenoxy) is 1. The van der Waals surface area contributed by atoms with E-state index in [9.17, 15) is 9.90 Å². The Hall–Kier alpha value is -2.81. The van der Waals surface area contributed by atoms with E-state index in [0.717, 1.165) is 22.3 Å². The molecule has 3 N–H and O–H groups in total. The van der Waals surface area contributed by atoms with Gasteiger partial charge in [0.2, 0.25) is 5.91 Å². The first-order valence-electron chi connectivity index (χ1n) is 12.7. The minimum Gasteiger partial charge on any atom is -0.487 e. The maximum atomic E-state index is 13.7. The lowest BCUT2D eigenvalue weighted by Gasteiger charge is -2.38. The molecule has 1 aliphatic heterocycles. The standard InChI is InChI=1S/C27H36ClN5O3/c1-4-21(34)17-36-24-16-31-26-22(9-10-29-26)25(24)32-11-13-33(14-12-32)27(35)23(15-30-18(2)3)19-5-7-20(28)8-6-19/h5-10,16,18,21,23,30,34H,4,11-15,17H2,1-3H3,(H,29,31). The average Bonchev–Trinajstić information content (AvgIpc) is 3.36. The van der Waals surface area contributed by atoms with Crippen molar-refractivity contribution in [1.29, 1.82) is 0 Å². The number of nitrogens with zero attached hydrogens (tertiary/aromatic N) is 3. The predicted octanol–water partition coefficient (Wildman–Crippen LogP) is 3.80. The van der Waals surface area contributed by atoms with Gasteiger partial charge in [0.05, 0.1) is 23.9 Å². The van der Waals surface area contributed by atoms with E-state index in [1.807, 2.05) is 48.4 Å². The number of fused-ring (bicyclic) bond motifs is 1. The summed E-state index contributed by atoms with van der Waals surface area (Å²) in [6, 6.07) is 9.84. The molecule has 0 radical (unpaired) electrons. The van der Waals surface area contributed by atoms with Crippen molar-refractivity contribution < 1.29 is 14.6 Å². The lowest BCUT2D eigenvalue weighted by atomic mass is 9.96. The number of aromatic amines is 1. The number of piperazine rings is 1. The maximum absolute atomic E-state index is 13.7. The topological polar surface area (TPSA) is 93.7 Å². The van der Waals surface area contributed by atoms with Gasteiger partial charge in [0.1, 0.15) is 12.3 Å². The number of H-pyrrole nitrogens is 1. The van der Waals surface area contributed by atoms with E-state index in [0.29, 0.717) is 49.9 Å². The zero-order valence-corrected chi connectivity index (χ0v) is 22.0. The average molecular weight is 514 g/mol. The second-order valence-electron chi connectivity index (χ2n) is 9.56. The van der Waals surface area contributed by atoms with Crippen LogP contribution in [0.4, 0.5) is 5.69 Å². The molecule has 194 valence electrons. The Bertz CT molecular complexity index is 1140. The number of aliphatic hydroxyl groups excluding tert-OH is 1. The number of nitrogens with one attached hydrogen (secondary N) is 2. The Morgan fingerprint density at radius 1 is 1.19 bits per heavy atom. The molecule has 2 atom stereocenters. The SMILES string of the molecule is CCC(O)COc1cnc2[nH]ccc2c1N1CCN(C(=O)C(CNC(C)C)c2ccc(Cl)cc2)CC1. The summed E-state index contributed by atoms with van der Waals surface area (Å²) in [5.74, 6) is 0.492. The highest BCUT2D eigenvalue weighted by Gasteiger charge is 2.30. The van der Waals surface area contributed by atoms with Gasteiger partial charge in [0, 0.05) is 55.4 Å². The molecular formula is C27H36ClN5O3. The van der Waals surface area contributed by atoms with Crippen LogP contribution < -0.4 is 15.0 Å². The number of carbonyl (C=O) groups is 1. The molecule has 0 bridgehead atoms. The molecule has 36 heavy (non-hydrogen) atoms. The van der Waals surface area contributed by atoms with Gasteiger partial charge in [0.15, 0.2) is 5.75 Å². The van der Waals surface area contributed by atoms with Crippen LogP contribution in [-0.4, -0.2) is 77.4 Å². The fourth-order valence-corrected chi connectivity index (χ4v) is 4.60. The van der Waals surface area contributed by atoms with Crippen molar-refractivity contribution in [2.24, 2.45) is 0 Å². The molecule has 3 aromatic rings. The second kappa shape index (κ2) is 12.0. The molecule has 1 aliphatic rings. The first kappa shape index (κ1) is 26.3. The Balaban J connectivity index is 1.50. The fraction of sp³-hybridized carbons (Fsp3) is 0.481. The third kappa shape index (κ3) is 6.11. The molecule has 9 heteroatoms. The van der Waals surface area contributed by atoms with Gasteiger partial charge in [-0.15, -0.1) is 0 Å². The highest BCUT2D eigenvalue weighted by molar-refractivity contribution is 6.30. The Kier molecular flexibility index (Phi) is 8.72. The summed E-state index contributed by atoms with van der Waals surface area (Å²) in [4.78, 5) is 25.5. The van der Waals surface area contributed by atoms with E-state index < -0.39 is 6.10 Å². The van der Waals surface area contributed by atoms with Crippen LogP contribution in [0.25, 0.3) is 11.0 Å². The number of aromatic nitrogens is 2. The molecular weight excluding hydrogens is 478 g/mol. The van der Waals surface area contributed by atoms with E-state index in [1.165, 1.54) is 0 Å². The summed E-state index contributed by atoms with van der Waals surface area (Å²) in [7, 11) is 0. The summed E-state index contributed by atoms with van der Waals surface area (Å²) in [5, 5.41) is 15.1. The zero-order valence-electron chi connectivity index (χ0n) is 21.2. The van der Waals surface area contributed by atoms with Gasteiger partial charge in [0.25, 0.3) is 0 Å². The van der Waals surface area contributed by atoms with Crippen molar-refractivity contribution >= 4 is 34.2 Å². The van der Waals surface area contributed by atoms with E-state index in [4.69, 9.17) is 16.3 Å². The molecule has 1 amide bonds. The van der Waals surface area contributed by atoms with Crippen molar-refractivity contribution in [3.8, 4) is 5.75 Å². The van der Waals surface area contributed by atoms with Crippen molar-refractivity contribution in [3.63, 3.8) is 0 Å². The Labute approximate surface area is 217 Å². The quantitative estimate of drug-likeness (QED) is 0.382. The highest BCUT2D eigenvalue weighted by Crippen LogP contribution is 2.36. The number of pyridine rings is 1. The normalized spacial score (nSPS) is 15.9. The molecule has 8 nitrogen and oxygen atoms in total. The molecule has 0 aliphatic carbocycles.